The summed E-state index contributed by atoms with van der Waals surface area (Å²) in [5.74, 6) is 1.24. The Labute approximate surface area is 138 Å². The van der Waals surface area contributed by atoms with Crippen LogP contribution in [0.5, 0.6) is 5.75 Å². The normalized spacial score (nSPS) is 25.6. The van der Waals surface area contributed by atoms with Gasteiger partial charge < -0.3 is 15.0 Å². The number of nitrogens with zero attached hydrogens (tertiary/aromatic N) is 1. The van der Waals surface area contributed by atoms with Crippen LogP contribution in [0.1, 0.15) is 26.2 Å². The van der Waals surface area contributed by atoms with Crippen molar-refractivity contribution in [3.8, 4) is 5.75 Å². The molecular formula is C17H25ClN2O2. The summed E-state index contributed by atoms with van der Waals surface area (Å²) >= 11 is 0. The predicted molar refractivity (Wildman–Crippen MR) is 89.5 cm³/mol. The highest BCUT2D eigenvalue weighted by Gasteiger charge is 2.40. The molecule has 2 aliphatic heterocycles. The van der Waals surface area contributed by atoms with E-state index in [1.807, 2.05) is 35.2 Å². The number of nitrogens with one attached hydrogen (secondary N) is 1. The zero-order valence-corrected chi connectivity index (χ0v) is 13.9. The van der Waals surface area contributed by atoms with Gasteiger partial charge in [-0.1, -0.05) is 18.2 Å². The lowest BCUT2D eigenvalue weighted by Gasteiger charge is -2.36. The van der Waals surface area contributed by atoms with Crippen molar-refractivity contribution in [1.82, 2.24) is 10.2 Å². The number of hydrogen-bond donors (Lipinski definition) is 1. The van der Waals surface area contributed by atoms with Gasteiger partial charge in [0.05, 0.1) is 5.41 Å². The fraction of sp³-hybridized carbons (Fsp3) is 0.588. The van der Waals surface area contributed by atoms with Crippen molar-refractivity contribution in [2.24, 2.45) is 5.41 Å². The summed E-state index contributed by atoms with van der Waals surface area (Å²) in [6.45, 7) is 5.47. The zero-order valence-electron chi connectivity index (χ0n) is 13.1. The highest BCUT2D eigenvalue weighted by molar-refractivity contribution is 5.85. The molecule has 2 heterocycles. The maximum absolute atomic E-state index is 12.6. The smallest absolute Gasteiger partial charge is 0.229 e. The highest BCUT2D eigenvalue weighted by atomic mass is 35.5. The third kappa shape index (κ3) is 3.73. The Kier molecular flexibility index (Phi) is 5.70. The second-order valence-electron chi connectivity index (χ2n) is 6.41. The number of halogens is 1. The first kappa shape index (κ1) is 17.1. The van der Waals surface area contributed by atoms with Gasteiger partial charge in [0.1, 0.15) is 11.9 Å². The molecule has 0 spiro atoms. The number of para-hydroxylation sites is 1. The summed E-state index contributed by atoms with van der Waals surface area (Å²) in [4.78, 5) is 14.7. The number of hydrogen-bond acceptors (Lipinski definition) is 3. The molecule has 0 aromatic heterocycles. The Morgan fingerprint density at radius 3 is 2.55 bits per heavy atom. The molecule has 1 aromatic rings. The van der Waals surface area contributed by atoms with Crippen LogP contribution in [0.3, 0.4) is 0 Å². The molecule has 1 unspecified atom stereocenters. The van der Waals surface area contributed by atoms with Gasteiger partial charge in [0.15, 0.2) is 0 Å². The quantitative estimate of drug-likeness (QED) is 0.928. The van der Waals surface area contributed by atoms with E-state index in [9.17, 15) is 4.79 Å². The van der Waals surface area contributed by atoms with Gasteiger partial charge in [-0.3, -0.25) is 4.79 Å². The molecule has 1 N–H and O–H groups in total. The van der Waals surface area contributed by atoms with Gasteiger partial charge in [0.25, 0.3) is 0 Å². The van der Waals surface area contributed by atoms with Gasteiger partial charge >= 0.3 is 0 Å². The summed E-state index contributed by atoms with van der Waals surface area (Å²) in [6, 6.07) is 9.94. The molecular weight excluding hydrogens is 300 g/mol. The van der Waals surface area contributed by atoms with Crippen molar-refractivity contribution in [1.29, 1.82) is 0 Å². The number of rotatable bonds is 3. The lowest BCUT2D eigenvalue weighted by atomic mass is 9.87. The van der Waals surface area contributed by atoms with Crippen molar-refractivity contribution in [3.63, 3.8) is 0 Å². The van der Waals surface area contributed by atoms with E-state index in [0.717, 1.165) is 51.2 Å². The molecule has 1 atom stereocenters. The molecule has 2 saturated heterocycles. The minimum atomic E-state index is -0.201. The van der Waals surface area contributed by atoms with Crippen LogP contribution in [0, 0.1) is 5.41 Å². The van der Waals surface area contributed by atoms with E-state index in [4.69, 9.17) is 4.74 Å². The lowest BCUT2D eigenvalue weighted by molar-refractivity contribution is -0.142. The van der Waals surface area contributed by atoms with Gasteiger partial charge in [0.2, 0.25) is 5.91 Å². The number of likely N-dealkylation sites (tertiary alicyclic amines) is 1. The van der Waals surface area contributed by atoms with E-state index in [2.05, 4.69) is 12.2 Å². The van der Waals surface area contributed by atoms with Crippen molar-refractivity contribution in [2.45, 2.75) is 32.3 Å². The van der Waals surface area contributed by atoms with E-state index >= 15 is 0 Å². The molecule has 4 nitrogen and oxygen atoms in total. The van der Waals surface area contributed by atoms with E-state index in [1.165, 1.54) is 0 Å². The average Bonchev–Trinajstić information content (AvgIpc) is 2.96. The summed E-state index contributed by atoms with van der Waals surface area (Å²) in [7, 11) is 0. The monoisotopic (exact) mass is 324 g/mol. The van der Waals surface area contributed by atoms with E-state index in [-0.39, 0.29) is 23.9 Å². The van der Waals surface area contributed by atoms with Crippen LogP contribution in [-0.4, -0.2) is 43.1 Å². The molecule has 22 heavy (non-hydrogen) atoms. The zero-order chi connectivity index (χ0) is 14.7. The molecule has 122 valence electrons. The van der Waals surface area contributed by atoms with Crippen LogP contribution < -0.4 is 10.1 Å². The van der Waals surface area contributed by atoms with Crippen molar-refractivity contribution >= 4 is 18.3 Å². The number of amides is 1. The first-order chi connectivity index (χ1) is 10.2. The largest absolute Gasteiger partial charge is 0.490 e. The van der Waals surface area contributed by atoms with Gasteiger partial charge in [-0.05, 0) is 32.0 Å². The number of carbonyl (C=O) groups is 1. The standard InChI is InChI=1S/C17H24N2O2.ClH/c1-17(9-10-18-13-17)16(20)19-11-7-15(8-12-19)21-14-5-3-2-4-6-14;/h2-6,15,18H,7-13H2,1H3;1H. The van der Waals surface area contributed by atoms with Gasteiger partial charge in [-0.2, -0.15) is 0 Å². The first-order valence-electron chi connectivity index (χ1n) is 7.89. The Balaban J connectivity index is 0.00000176. The number of ether oxygens (including phenoxy) is 1. The second kappa shape index (κ2) is 7.34. The Bertz CT molecular complexity index is 481. The van der Waals surface area contributed by atoms with Crippen molar-refractivity contribution in [2.75, 3.05) is 26.2 Å². The van der Waals surface area contributed by atoms with Gasteiger partial charge in [-0.25, -0.2) is 0 Å². The Hall–Kier alpha value is -1.26. The van der Waals surface area contributed by atoms with Crippen molar-refractivity contribution < 1.29 is 9.53 Å². The van der Waals surface area contributed by atoms with E-state index in [0.29, 0.717) is 5.91 Å². The van der Waals surface area contributed by atoms with Crippen LogP contribution in [0.25, 0.3) is 0 Å². The van der Waals surface area contributed by atoms with Gasteiger partial charge in [0, 0.05) is 32.5 Å². The summed E-state index contributed by atoms with van der Waals surface area (Å²) in [5, 5.41) is 3.30. The van der Waals surface area contributed by atoms with Crippen LogP contribution >= 0.6 is 12.4 Å². The SMILES string of the molecule is CC1(C(=O)N2CCC(Oc3ccccc3)CC2)CCNC1.Cl. The third-order valence-electron chi connectivity index (χ3n) is 4.66. The Morgan fingerprint density at radius 2 is 1.95 bits per heavy atom. The van der Waals surface area contributed by atoms with Crippen LogP contribution in [0.4, 0.5) is 0 Å². The molecule has 3 rings (SSSR count). The Morgan fingerprint density at radius 1 is 1.27 bits per heavy atom. The topological polar surface area (TPSA) is 41.6 Å². The molecule has 0 radical (unpaired) electrons. The number of piperidine rings is 1. The highest BCUT2D eigenvalue weighted by Crippen LogP contribution is 2.29. The molecule has 1 amide bonds. The summed E-state index contributed by atoms with van der Waals surface area (Å²) in [5.41, 5.74) is -0.201. The van der Waals surface area contributed by atoms with Crippen LogP contribution in [0.2, 0.25) is 0 Å². The van der Waals surface area contributed by atoms with Crippen LogP contribution in [-0.2, 0) is 4.79 Å². The van der Waals surface area contributed by atoms with Gasteiger partial charge in [-0.15, -0.1) is 12.4 Å². The first-order valence-corrected chi connectivity index (χ1v) is 7.89. The molecule has 2 fully saturated rings. The second-order valence-corrected chi connectivity index (χ2v) is 6.41. The predicted octanol–water partition coefficient (Wildman–Crippen LogP) is 2.48. The van der Waals surface area contributed by atoms with E-state index < -0.39 is 0 Å². The molecule has 5 heteroatoms. The average molecular weight is 325 g/mol. The maximum Gasteiger partial charge on any atom is 0.229 e. The maximum atomic E-state index is 12.6. The number of benzene rings is 1. The minimum Gasteiger partial charge on any atom is -0.490 e. The molecule has 2 aliphatic rings. The molecule has 1 aromatic carbocycles. The summed E-state index contributed by atoms with van der Waals surface area (Å²) in [6.07, 6.45) is 3.02. The van der Waals surface area contributed by atoms with Crippen molar-refractivity contribution in [3.05, 3.63) is 30.3 Å². The fourth-order valence-corrected chi connectivity index (χ4v) is 3.25. The molecule has 0 bridgehead atoms. The molecule has 0 saturated carbocycles. The number of carbonyl (C=O) groups excluding carboxylic acids is 1. The fourth-order valence-electron chi connectivity index (χ4n) is 3.25. The van der Waals surface area contributed by atoms with E-state index in [1.54, 1.807) is 0 Å². The summed E-state index contributed by atoms with van der Waals surface area (Å²) < 4.78 is 5.98. The third-order valence-corrected chi connectivity index (χ3v) is 4.66. The molecule has 0 aliphatic carbocycles. The lowest BCUT2D eigenvalue weighted by Crippen LogP contribution is -2.48. The van der Waals surface area contributed by atoms with Crippen LogP contribution in [0.15, 0.2) is 30.3 Å². The minimum absolute atomic E-state index is 0.